The van der Waals surface area contributed by atoms with Crippen molar-refractivity contribution in [1.29, 1.82) is 0 Å². The van der Waals surface area contributed by atoms with Crippen LogP contribution in [0.1, 0.15) is 134 Å². The zero-order valence-electron chi connectivity index (χ0n) is 54.5. The molecule has 27 heteroatoms. The summed E-state index contributed by atoms with van der Waals surface area (Å²) in [4.78, 5) is 131. The van der Waals surface area contributed by atoms with Crippen LogP contribution in [-0.2, 0) is 73.5 Å². The number of carboxylic acid groups (broad SMARTS) is 2. The lowest BCUT2D eigenvalue weighted by Crippen LogP contribution is -2.62. The molecule has 0 aliphatic carbocycles. The van der Waals surface area contributed by atoms with Crippen LogP contribution in [0.15, 0.2) is 30.3 Å². The van der Waals surface area contributed by atoms with E-state index in [2.05, 4.69) is 15.1 Å². The fourth-order valence-corrected chi connectivity index (χ4v) is 19.3. The summed E-state index contributed by atoms with van der Waals surface area (Å²) < 4.78 is 19.9. The number of esters is 4. The van der Waals surface area contributed by atoms with Gasteiger partial charge >= 0.3 is 35.8 Å². The zero-order chi connectivity index (χ0) is 66.3. The van der Waals surface area contributed by atoms with E-state index < -0.39 is 40.6 Å². The third-order valence-corrected chi connectivity index (χ3v) is 25.0. The number of aliphatic carboxylic acids is 2. The van der Waals surface area contributed by atoms with Crippen LogP contribution in [0.5, 0.6) is 0 Å². The summed E-state index contributed by atoms with van der Waals surface area (Å²) in [6.45, 7) is 4.75. The summed E-state index contributed by atoms with van der Waals surface area (Å²) >= 11 is 5.09. The quantitative estimate of drug-likeness (QED) is 0.109. The number of aldehydes is 2. The Morgan fingerprint density at radius 3 is 1.36 bits per heavy atom. The number of rotatable bonds is 17. The largest absolute Gasteiger partial charge is 0.480 e. The molecule has 10 aliphatic rings. The maximum absolute atomic E-state index is 12.9. The van der Waals surface area contributed by atoms with Gasteiger partial charge in [-0.1, -0.05) is 30.3 Å². The lowest BCUT2D eigenvalue weighted by Gasteiger charge is -2.45. The van der Waals surface area contributed by atoms with Crippen molar-refractivity contribution in [2.75, 3.05) is 107 Å². The van der Waals surface area contributed by atoms with Crippen molar-refractivity contribution in [1.82, 2.24) is 39.6 Å². The molecule has 0 radical (unpaired) electrons. The van der Waals surface area contributed by atoms with E-state index in [1.807, 2.05) is 90.1 Å². The molecule has 0 bridgehead atoms. The van der Waals surface area contributed by atoms with Crippen molar-refractivity contribution in [2.45, 2.75) is 197 Å². The Morgan fingerprint density at radius 1 is 0.549 bits per heavy atom. The molecular weight excluding hydrogens is 1230 g/mol. The van der Waals surface area contributed by atoms with Crippen LogP contribution in [0.2, 0.25) is 0 Å². The normalized spacial score (nSPS) is 32.9. The van der Waals surface area contributed by atoms with Crippen molar-refractivity contribution >= 4 is 95.5 Å². The molecule has 11 atom stereocenters. The fraction of sp³-hybridized carbons (Fsp3) is 0.750. The number of carbonyl (C=O) groups is 10. The number of nitrogens with zero attached hydrogens (tertiary/aromatic N) is 7. The lowest BCUT2D eigenvalue weighted by atomic mass is 9.85. The van der Waals surface area contributed by atoms with E-state index in [0.717, 1.165) is 134 Å². The molecule has 10 aliphatic heterocycles. The third-order valence-electron chi connectivity index (χ3n) is 21.0. The number of benzene rings is 1. The fourth-order valence-electron chi connectivity index (χ4n) is 15.3. The molecule has 4 unspecified atom stereocenters. The highest BCUT2D eigenvalue weighted by Gasteiger charge is 2.59. The highest BCUT2D eigenvalue weighted by atomic mass is 32.2. The number of nitrogens with one attached hydrogen (secondary N) is 1. The third kappa shape index (κ3) is 15.9. The van der Waals surface area contributed by atoms with Crippen molar-refractivity contribution < 1.29 is 77.1 Å². The van der Waals surface area contributed by atoms with Crippen LogP contribution in [0.25, 0.3) is 0 Å². The first-order valence-corrected chi connectivity index (χ1v) is 35.3. The maximum Gasteiger partial charge on any atom is 0.329 e. The van der Waals surface area contributed by atoms with E-state index in [4.69, 9.17) is 24.1 Å². The second-order valence-electron chi connectivity index (χ2n) is 25.6. The topological polar surface area (TPSA) is 283 Å². The van der Waals surface area contributed by atoms with Gasteiger partial charge in [-0.05, 0) is 189 Å². The Morgan fingerprint density at radius 2 is 0.967 bits per heavy atom. The van der Waals surface area contributed by atoms with E-state index in [0.29, 0.717) is 62.2 Å². The van der Waals surface area contributed by atoms with Crippen LogP contribution < -0.4 is 5.32 Å². The number of methoxy groups -OCH3 is 3. The highest BCUT2D eigenvalue weighted by Crippen LogP contribution is 2.48. The smallest absolute Gasteiger partial charge is 0.329 e. The monoisotopic (exact) mass is 1330 g/mol. The first-order valence-electron chi connectivity index (χ1n) is 32.1. The average Bonchev–Trinajstić information content (AvgIpc) is 1.66. The Balaban J connectivity index is 0.000000163. The molecule has 1 aromatic carbocycles. The molecule has 10 saturated heterocycles. The van der Waals surface area contributed by atoms with Gasteiger partial charge in [-0.15, -0.1) is 35.3 Å². The van der Waals surface area contributed by atoms with Crippen LogP contribution in [-0.4, -0.2) is 273 Å². The van der Waals surface area contributed by atoms with Gasteiger partial charge < -0.3 is 48.5 Å². The molecule has 508 valence electrons. The molecule has 1 aromatic rings. The van der Waals surface area contributed by atoms with Crippen molar-refractivity contribution in [2.24, 2.45) is 0 Å². The molecule has 11 rings (SSSR count). The van der Waals surface area contributed by atoms with Crippen molar-refractivity contribution in [3.8, 4) is 0 Å². The summed E-state index contributed by atoms with van der Waals surface area (Å²) in [7, 11) is 13.9. The predicted molar refractivity (Wildman–Crippen MR) is 346 cm³/mol. The molecule has 10 fully saturated rings. The van der Waals surface area contributed by atoms with Crippen molar-refractivity contribution in [3.63, 3.8) is 0 Å². The minimum atomic E-state index is -0.797. The SMILES string of the molecule is CN1CCC[C@@]1(CCC=O)C(=O)O.CN1CCC[C@@]1(CCC=O)C(=O)OCc1ccccc1.COC(=O)C1CSC(CC[C@@]2(C(=O)O)CCCN2C)N1.COC(=O)C1CS[C@@H]2CC[C@]3(CCCN3C)C(=O)N12.COC(=O)C1CS[C@H]2CC[C@]3(CCCN3C)C(=O)N12. The van der Waals surface area contributed by atoms with Crippen LogP contribution in [0.4, 0.5) is 0 Å². The highest BCUT2D eigenvalue weighted by molar-refractivity contribution is 8.00. The standard InChI is InChI=1S/C16H21NO3.C13H22N2O4S.2C13H20N2O3S.C9H15NO3/c1-17-11-5-9-16(17,10-6-12-18)15(19)20-13-14-7-3-2-4-8-14;1-15-7-3-5-13(15,12(17)18)6-4-10-14-9(8-20-10)11(16)19-2;2*1-14-7-3-5-13(14)6-4-10-15(12(13)17)9(8-19-10)11(16)18-2;1-10-6-2-4-9(10,8(12)13)5-3-7-11/h2-4,7-8,12H,5-6,9-11,13H2,1H3;9-10,14H,3-8H2,1-2H3,(H,17,18);2*9-10H,3-8H2,1-2H3;7H,2-6H2,1H3,(H,12,13)/t16-;9?,10?,13-;9?,10-,13+;9?,10-,13-;9-/m11011/s1. The van der Waals surface area contributed by atoms with Gasteiger partial charge in [0.2, 0.25) is 11.8 Å². The molecule has 3 N–H and O–H groups in total. The van der Waals surface area contributed by atoms with Gasteiger partial charge in [0.25, 0.3) is 0 Å². The van der Waals surface area contributed by atoms with Gasteiger partial charge in [0.05, 0.1) is 37.5 Å². The van der Waals surface area contributed by atoms with Crippen LogP contribution in [0.3, 0.4) is 0 Å². The number of ether oxygens (including phenoxy) is 4. The summed E-state index contributed by atoms with van der Waals surface area (Å²) in [5, 5.41) is 22.3. The van der Waals surface area contributed by atoms with E-state index in [1.165, 1.54) is 21.3 Å². The van der Waals surface area contributed by atoms with E-state index in [9.17, 15) is 53.1 Å². The minimum absolute atomic E-state index is 0.129. The minimum Gasteiger partial charge on any atom is -0.480 e. The summed E-state index contributed by atoms with van der Waals surface area (Å²) in [6, 6.07) is 8.60. The molecule has 2 amide bonds. The number of likely N-dealkylation sites (tertiary alicyclic amines) is 5. The second-order valence-corrected chi connectivity index (χ2v) is 29.3. The summed E-state index contributed by atoms with van der Waals surface area (Å²) in [5.41, 5.74) is -1.85. The van der Waals surface area contributed by atoms with Crippen molar-refractivity contribution in [3.05, 3.63) is 35.9 Å². The zero-order valence-corrected chi connectivity index (χ0v) is 56.9. The van der Waals surface area contributed by atoms with Gasteiger partial charge in [-0.2, -0.15) is 0 Å². The number of piperidine rings is 2. The first kappa shape index (κ1) is 73.5. The molecule has 0 aromatic heterocycles. The number of hydrogen-bond acceptors (Lipinski definition) is 23. The van der Waals surface area contributed by atoms with E-state index >= 15 is 0 Å². The maximum atomic E-state index is 12.9. The number of fused-ring (bicyclic) bond motifs is 2. The summed E-state index contributed by atoms with van der Waals surface area (Å²) in [5.74, 6) is -0.220. The number of carboxylic acids is 2. The van der Waals surface area contributed by atoms with Gasteiger partial charge in [-0.25, -0.2) is 9.59 Å². The second kappa shape index (κ2) is 33.0. The Hall–Kier alpha value is -4.87. The Kier molecular flexibility index (Phi) is 26.7. The molecule has 24 nitrogen and oxygen atoms in total. The van der Waals surface area contributed by atoms with Gasteiger partial charge in [-0.3, -0.25) is 58.6 Å². The number of amides is 2. The van der Waals surface area contributed by atoms with E-state index in [-0.39, 0.29) is 75.5 Å². The van der Waals surface area contributed by atoms with Crippen LogP contribution >= 0.6 is 35.3 Å². The molecule has 0 saturated carbocycles. The number of thioether (sulfide) groups is 3. The van der Waals surface area contributed by atoms with E-state index in [1.54, 1.807) is 35.3 Å². The van der Waals surface area contributed by atoms with Crippen LogP contribution in [0, 0.1) is 0 Å². The number of carbonyl (C=O) groups excluding carboxylic acids is 8. The van der Waals surface area contributed by atoms with Gasteiger partial charge in [0.1, 0.15) is 65.0 Å². The molecule has 2 spiro atoms. The molecular formula is C64H98N8O16S3. The molecule has 91 heavy (non-hydrogen) atoms. The lowest BCUT2D eigenvalue weighted by molar-refractivity contribution is -0.159. The first-order chi connectivity index (χ1) is 43.5. The Labute approximate surface area is 548 Å². The number of likely N-dealkylation sites (N-methyl/N-ethyl adjacent to an activating group) is 5. The Bertz CT molecular complexity index is 2650. The average molecular weight is 1330 g/mol. The predicted octanol–water partition coefficient (Wildman–Crippen LogP) is 4.58. The van der Waals surface area contributed by atoms with Gasteiger partial charge in [0.15, 0.2) is 0 Å². The molecule has 10 heterocycles. The van der Waals surface area contributed by atoms with Gasteiger partial charge in [0, 0.05) is 30.1 Å². The summed E-state index contributed by atoms with van der Waals surface area (Å²) in [6.07, 6.45) is 17.4. The number of hydrogen-bond donors (Lipinski definition) is 3.